The van der Waals surface area contributed by atoms with E-state index in [0.717, 1.165) is 13.0 Å². The van der Waals surface area contributed by atoms with Crippen molar-refractivity contribution in [1.82, 2.24) is 10.2 Å². The molecule has 0 bridgehead atoms. The number of anilines is 1. The monoisotopic (exact) mass is 245 g/mol. The molecule has 0 aliphatic heterocycles. The van der Waals surface area contributed by atoms with Crippen LogP contribution in [0.2, 0.25) is 0 Å². The van der Waals surface area contributed by atoms with Crippen molar-refractivity contribution >= 4 is 5.82 Å². The van der Waals surface area contributed by atoms with E-state index in [1.807, 2.05) is 6.07 Å². The molecule has 0 aliphatic rings. The van der Waals surface area contributed by atoms with Crippen molar-refractivity contribution in [1.29, 1.82) is 0 Å². The SMILES string of the molecule is CCCNc1ccc(-c2cc(O)cc(O)c2)nn1. The molecule has 0 unspecified atom stereocenters. The Bertz CT molecular complexity index is 506. The van der Waals surface area contributed by atoms with Crippen LogP contribution in [0.15, 0.2) is 30.3 Å². The van der Waals surface area contributed by atoms with Gasteiger partial charge in [-0.3, -0.25) is 0 Å². The van der Waals surface area contributed by atoms with E-state index in [2.05, 4.69) is 22.4 Å². The van der Waals surface area contributed by atoms with E-state index in [1.165, 1.54) is 18.2 Å². The molecule has 0 atom stereocenters. The van der Waals surface area contributed by atoms with Crippen LogP contribution in [-0.2, 0) is 0 Å². The normalized spacial score (nSPS) is 10.3. The zero-order valence-corrected chi connectivity index (χ0v) is 10.1. The minimum atomic E-state index is -0.0000143. The van der Waals surface area contributed by atoms with E-state index in [4.69, 9.17) is 0 Å². The number of nitrogens with zero attached hydrogens (tertiary/aromatic N) is 2. The van der Waals surface area contributed by atoms with Crippen molar-refractivity contribution in [3.63, 3.8) is 0 Å². The van der Waals surface area contributed by atoms with Crippen LogP contribution in [0, 0.1) is 0 Å². The highest BCUT2D eigenvalue weighted by Gasteiger charge is 2.04. The molecule has 18 heavy (non-hydrogen) atoms. The maximum Gasteiger partial charge on any atom is 0.148 e. The standard InChI is InChI=1S/C13H15N3O2/c1-2-5-14-13-4-3-12(15-16-13)9-6-10(17)8-11(18)7-9/h3-4,6-8,17-18H,2,5H2,1H3,(H,14,16). The lowest BCUT2D eigenvalue weighted by molar-refractivity contribution is 0.451. The highest BCUT2D eigenvalue weighted by Crippen LogP contribution is 2.27. The topological polar surface area (TPSA) is 78.3 Å². The molecule has 0 spiro atoms. The summed E-state index contributed by atoms with van der Waals surface area (Å²) < 4.78 is 0. The van der Waals surface area contributed by atoms with Crippen molar-refractivity contribution in [2.45, 2.75) is 13.3 Å². The first-order valence-corrected chi connectivity index (χ1v) is 5.80. The zero-order chi connectivity index (χ0) is 13.0. The molecular weight excluding hydrogens is 230 g/mol. The number of phenols is 2. The predicted octanol–water partition coefficient (Wildman–Crippen LogP) is 2.38. The van der Waals surface area contributed by atoms with Gasteiger partial charge >= 0.3 is 0 Å². The number of hydrogen-bond donors (Lipinski definition) is 3. The van der Waals surface area contributed by atoms with E-state index in [1.54, 1.807) is 6.07 Å². The average molecular weight is 245 g/mol. The van der Waals surface area contributed by atoms with Gasteiger partial charge in [0.2, 0.25) is 0 Å². The van der Waals surface area contributed by atoms with Gasteiger partial charge in [0.05, 0.1) is 5.69 Å². The number of phenolic OH excluding ortho intramolecular Hbond substituents is 2. The first kappa shape index (κ1) is 12.2. The van der Waals surface area contributed by atoms with Crippen LogP contribution in [-0.4, -0.2) is 27.0 Å². The Balaban J connectivity index is 2.23. The molecule has 2 aromatic rings. The maximum atomic E-state index is 9.41. The van der Waals surface area contributed by atoms with Crippen LogP contribution in [0.4, 0.5) is 5.82 Å². The molecule has 1 aromatic carbocycles. The lowest BCUT2D eigenvalue weighted by Crippen LogP contribution is -2.02. The molecule has 1 aromatic heterocycles. The number of nitrogens with one attached hydrogen (secondary N) is 1. The first-order valence-electron chi connectivity index (χ1n) is 5.80. The summed E-state index contributed by atoms with van der Waals surface area (Å²) in [5.41, 5.74) is 1.23. The molecule has 1 heterocycles. The summed E-state index contributed by atoms with van der Waals surface area (Å²) in [6, 6.07) is 7.94. The first-order chi connectivity index (χ1) is 8.69. The molecule has 0 amide bonds. The van der Waals surface area contributed by atoms with Gasteiger partial charge in [0.15, 0.2) is 0 Å². The third-order valence-corrected chi connectivity index (χ3v) is 2.42. The van der Waals surface area contributed by atoms with Crippen molar-refractivity contribution in [3.05, 3.63) is 30.3 Å². The Kier molecular flexibility index (Phi) is 3.62. The summed E-state index contributed by atoms with van der Waals surface area (Å²) in [6.45, 7) is 2.92. The van der Waals surface area contributed by atoms with E-state index in [-0.39, 0.29) is 11.5 Å². The van der Waals surface area contributed by atoms with Crippen molar-refractivity contribution < 1.29 is 10.2 Å². The Morgan fingerprint density at radius 3 is 2.33 bits per heavy atom. The second-order valence-electron chi connectivity index (χ2n) is 3.97. The number of benzene rings is 1. The molecule has 0 radical (unpaired) electrons. The molecule has 94 valence electrons. The van der Waals surface area contributed by atoms with Crippen molar-refractivity contribution in [2.75, 3.05) is 11.9 Å². The molecule has 5 nitrogen and oxygen atoms in total. The summed E-state index contributed by atoms with van der Waals surface area (Å²) in [4.78, 5) is 0. The Labute approximate surface area is 105 Å². The number of rotatable bonds is 4. The number of aromatic hydroxyl groups is 2. The van der Waals surface area contributed by atoms with Gasteiger partial charge in [0.25, 0.3) is 0 Å². The fraction of sp³-hybridized carbons (Fsp3) is 0.231. The average Bonchev–Trinajstić information content (AvgIpc) is 2.36. The Hall–Kier alpha value is -2.30. The van der Waals surface area contributed by atoms with Gasteiger partial charge < -0.3 is 15.5 Å². The molecule has 0 aliphatic carbocycles. The molecule has 0 fully saturated rings. The fourth-order valence-corrected chi connectivity index (χ4v) is 1.58. The van der Waals surface area contributed by atoms with Crippen LogP contribution in [0.1, 0.15) is 13.3 Å². The summed E-state index contributed by atoms with van der Waals surface area (Å²) >= 11 is 0. The van der Waals surface area contributed by atoms with Crippen LogP contribution < -0.4 is 5.32 Å². The number of aromatic nitrogens is 2. The lowest BCUT2D eigenvalue weighted by atomic mass is 10.1. The molecule has 3 N–H and O–H groups in total. The van der Waals surface area contributed by atoms with Gasteiger partial charge in [-0.2, -0.15) is 0 Å². The Morgan fingerprint density at radius 1 is 1.06 bits per heavy atom. The van der Waals surface area contributed by atoms with Crippen LogP contribution in [0.3, 0.4) is 0 Å². The molecular formula is C13H15N3O2. The largest absolute Gasteiger partial charge is 0.508 e. The highest BCUT2D eigenvalue weighted by molar-refractivity contribution is 5.63. The van der Waals surface area contributed by atoms with E-state index in [0.29, 0.717) is 17.1 Å². The van der Waals surface area contributed by atoms with Gasteiger partial charge in [-0.05, 0) is 30.7 Å². The van der Waals surface area contributed by atoms with Gasteiger partial charge in [-0.1, -0.05) is 6.92 Å². The Morgan fingerprint density at radius 2 is 1.78 bits per heavy atom. The molecule has 0 saturated heterocycles. The molecule has 0 saturated carbocycles. The second-order valence-corrected chi connectivity index (χ2v) is 3.97. The molecule has 2 rings (SSSR count). The third-order valence-electron chi connectivity index (χ3n) is 2.42. The number of hydrogen-bond acceptors (Lipinski definition) is 5. The van der Waals surface area contributed by atoms with Crippen LogP contribution >= 0.6 is 0 Å². The van der Waals surface area contributed by atoms with Gasteiger partial charge in [-0.25, -0.2) is 0 Å². The van der Waals surface area contributed by atoms with Gasteiger partial charge in [-0.15, -0.1) is 10.2 Å². The van der Waals surface area contributed by atoms with E-state index >= 15 is 0 Å². The predicted molar refractivity (Wildman–Crippen MR) is 69.6 cm³/mol. The second kappa shape index (κ2) is 5.35. The van der Waals surface area contributed by atoms with Crippen molar-refractivity contribution in [2.24, 2.45) is 0 Å². The lowest BCUT2D eigenvalue weighted by Gasteiger charge is -2.05. The van der Waals surface area contributed by atoms with Crippen LogP contribution in [0.5, 0.6) is 11.5 Å². The zero-order valence-electron chi connectivity index (χ0n) is 10.1. The fourth-order valence-electron chi connectivity index (χ4n) is 1.58. The third kappa shape index (κ3) is 2.88. The summed E-state index contributed by atoms with van der Waals surface area (Å²) in [5, 5.41) is 30.0. The summed E-state index contributed by atoms with van der Waals surface area (Å²) in [5.74, 6) is 0.713. The highest BCUT2D eigenvalue weighted by atomic mass is 16.3. The van der Waals surface area contributed by atoms with Gasteiger partial charge in [0.1, 0.15) is 17.3 Å². The van der Waals surface area contributed by atoms with Crippen molar-refractivity contribution in [3.8, 4) is 22.8 Å². The quantitative estimate of drug-likeness (QED) is 0.770. The minimum Gasteiger partial charge on any atom is -0.508 e. The maximum absolute atomic E-state index is 9.41. The summed E-state index contributed by atoms with van der Waals surface area (Å²) in [6.07, 6.45) is 1.02. The minimum absolute atomic E-state index is 0.0000143. The van der Waals surface area contributed by atoms with E-state index < -0.39 is 0 Å². The smallest absolute Gasteiger partial charge is 0.148 e. The molecule has 5 heteroatoms. The van der Waals surface area contributed by atoms with Gasteiger partial charge in [0, 0.05) is 18.2 Å². The van der Waals surface area contributed by atoms with E-state index in [9.17, 15) is 10.2 Å². The summed E-state index contributed by atoms with van der Waals surface area (Å²) in [7, 11) is 0. The van der Waals surface area contributed by atoms with Crippen LogP contribution in [0.25, 0.3) is 11.3 Å².